The zero-order valence-corrected chi connectivity index (χ0v) is 10.9. The third-order valence-electron chi connectivity index (χ3n) is 4.13. The van der Waals surface area contributed by atoms with Crippen LogP contribution < -0.4 is 16.2 Å². The minimum Gasteiger partial charge on any atom is -0.393 e. The van der Waals surface area contributed by atoms with Crippen LogP contribution in [0.25, 0.3) is 0 Å². The van der Waals surface area contributed by atoms with Crippen LogP contribution >= 0.6 is 0 Å². The van der Waals surface area contributed by atoms with E-state index in [4.69, 9.17) is 5.84 Å². The number of aliphatic hydroxyl groups is 1. The molecule has 108 valence electrons. The molecule has 3 heterocycles. The molecule has 4 N–H and O–H groups in total. The molecule has 8 nitrogen and oxygen atoms in total. The van der Waals surface area contributed by atoms with Crippen molar-refractivity contribution in [1.29, 1.82) is 0 Å². The average molecular weight is 279 g/mol. The van der Waals surface area contributed by atoms with Gasteiger partial charge in [-0.1, -0.05) is 0 Å². The first-order valence-electron chi connectivity index (χ1n) is 6.68. The fourth-order valence-electron chi connectivity index (χ4n) is 3.34. The number of nitrogen functional groups attached to an aromatic ring is 1. The van der Waals surface area contributed by atoms with Crippen molar-refractivity contribution in [3.05, 3.63) is 22.2 Å². The third kappa shape index (κ3) is 2.16. The Morgan fingerprint density at radius 2 is 2.05 bits per heavy atom. The van der Waals surface area contributed by atoms with Gasteiger partial charge >= 0.3 is 0 Å². The molecule has 2 aliphatic rings. The number of nitrogens with zero attached hydrogens (tertiary/aromatic N) is 3. The number of rotatable bonds is 3. The van der Waals surface area contributed by atoms with Gasteiger partial charge in [0.15, 0.2) is 0 Å². The number of aromatic nitrogens is 1. The minimum atomic E-state index is -0.452. The minimum absolute atomic E-state index is 0.0338. The molecule has 8 heteroatoms. The molecule has 20 heavy (non-hydrogen) atoms. The standard InChI is InChI=1S/C12H17N5O3/c13-15-11-5-9(17(19)20)6-12(14-11)16-7-1-2-8(16)4-10(18)3-7/h5-8,10,18H,1-4,13H2,(H,14,15). The Kier molecular flexibility index (Phi) is 3.19. The zero-order chi connectivity index (χ0) is 14.3. The highest BCUT2D eigenvalue weighted by Crippen LogP contribution is 2.39. The van der Waals surface area contributed by atoms with Crippen LogP contribution in [0.4, 0.5) is 17.3 Å². The van der Waals surface area contributed by atoms with Crippen LogP contribution in [0.1, 0.15) is 25.7 Å². The summed E-state index contributed by atoms with van der Waals surface area (Å²) in [6.07, 6.45) is 3.06. The molecule has 0 spiro atoms. The van der Waals surface area contributed by atoms with Crippen molar-refractivity contribution in [2.75, 3.05) is 10.3 Å². The average Bonchev–Trinajstić information content (AvgIpc) is 2.70. The van der Waals surface area contributed by atoms with E-state index in [1.165, 1.54) is 12.1 Å². The molecule has 0 amide bonds. The second-order valence-corrected chi connectivity index (χ2v) is 5.39. The number of piperidine rings is 1. The van der Waals surface area contributed by atoms with Gasteiger partial charge < -0.3 is 15.4 Å². The Morgan fingerprint density at radius 1 is 1.40 bits per heavy atom. The van der Waals surface area contributed by atoms with Crippen LogP contribution in [0, 0.1) is 10.1 Å². The van der Waals surface area contributed by atoms with E-state index in [1.54, 1.807) is 0 Å². The molecular formula is C12H17N5O3. The van der Waals surface area contributed by atoms with E-state index in [9.17, 15) is 15.2 Å². The van der Waals surface area contributed by atoms with Crippen LogP contribution in [0.15, 0.2) is 12.1 Å². The largest absolute Gasteiger partial charge is 0.393 e. The fraction of sp³-hybridized carbons (Fsp3) is 0.583. The van der Waals surface area contributed by atoms with Gasteiger partial charge in [0.2, 0.25) is 0 Å². The molecule has 2 atom stereocenters. The van der Waals surface area contributed by atoms with E-state index in [2.05, 4.69) is 15.3 Å². The van der Waals surface area contributed by atoms with Gasteiger partial charge in [0.1, 0.15) is 11.6 Å². The molecule has 0 saturated carbocycles. The molecule has 1 aromatic heterocycles. The van der Waals surface area contributed by atoms with Crippen molar-refractivity contribution in [3.8, 4) is 0 Å². The van der Waals surface area contributed by atoms with Crippen molar-refractivity contribution in [2.24, 2.45) is 5.84 Å². The van der Waals surface area contributed by atoms with Gasteiger partial charge in [0, 0.05) is 12.1 Å². The van der Waals surface area contributed by atoms with Crippen molar-refractivity contribution in [3.63, 3.8) is 0 Å². The first kappa shape index (κ1) is 13.1. The van der Waals surface area contributed by atoms with Crippen LogP contribution in [-0.2, 0) is 0 Å². The van der Waals surface area contributed by atoms with Crippen LogP contribution in [0.5, 0.6) is 0 Å². The van der Waals surface area contributed by atoms with Crippen LogP contribution in [0.3, 0.4) is 0 Å². The molecule has 2 bridgehead atoms. The summed E-state index contributed by atoms with van der Waals surface area (Å²) in [5.41, 5.74) is 2.34. The van der Waals surface area contributed by atoms with Crippen molar-refractivity contribution in [1.82, 2.24) is 4.98 Å². The number of anilines is 2. The summed E-state index contributed by atoms with van der Waals surface area (Å²) in [6, 6.07) is 3.18. The maximum absolute atomic E-state index is 11.0. The fourth-order valence-corrected chi connectivity index (χ4v) is 3.34. The second kappa shape index (κ2) is 4.88. The summed E-state index contributed by atoms with van der Waals surface area (Å²) in [5.74, 6) is 6.17. The molecule has 1 aromatic rings. The Bertz CT molecular complexity index is 524. The number of hydrogen-bond donors (Lipinski definition) is 3. The van der Waals surface area contributed by atoms with E-state index in [0.717, 1.165) is 12.8 Å². The molecular weight excluding hydrogens is 262 g/mol. The lowest BCUT2D eigenvalue weighted by Gasteiger charge is -2.38. The van der Waals surface area contributed by atoms with Gasteiger partial charge in [-0.3, -0.25) is 10.1 Å². The second-order valence-electron chi connectivity index (χ2n) is 5.39. The summed E-state index contributed by atoms with van der Waals surface area (Å²) in [5, 5.41) is 20.8. The number of pyridine rings is 1. The number of nitro groups is 1. The Morgan fingerprint density at radius 3 is 2.60 bits per heavy atom. The molecule has 0 aromatic carbocycles. The molecule has 2 aliphatic heterocycles. The molecule has 0 radical (unpaired) electrons. The SMILES string of the molecule is NNc1cc([N+](=O)[O-])cc(N2C3CCC2CC(O)C3)n1. The Hall–Kier alpha value is -1.93. The van der Waals surface area contributed by atoms with Gasteiger partial charge in [-0.05, 0) is 25.7 Å². The maximum atomic E-state index is 11.0. The lowest BCUT2D eigenvalue weighted by Crippen LogP contribution is -2.45. The monoisotopic (exact) mass is 279 g/mol. The highest BCUT2D eigenvalue weighted by Gasteiger charge is 2.41. The van der Waals surface area contributed by atoms with Crippen molar-refractivity contribution < 1.29 is 10.0 Å². The molecule has 3 rings (SSSR count). The van der Waals surface area contributed by atoms with E-state index < -0.39 is 4.92 Å². The molecule has 2 fully saturated rings. The quantitative estimate of drug-likeness (QED) is 0.425. The predicted molar refractivity (Wildman–Crippen MR) is 73.2 cm³/mol. The van der Waals surface area contributed by atoms with E-state index in [1.807, 2.05) is 0 Å². The topological polar surface area (TPSA) is 118 Å². The summed E-state index contributed by atoms with van der Waals surface area (Å²) in [7, 11) is 0. The highest BCUT2D eigenvalue weighted by molar-refractivity contribution is 5.57. The van der Waals surface area contributed by atoms with Crippen LogP contribution in [-0.4, -0.2) is 33.2 Å². The van der Waals surface area contributed by atoms with Crippen molar-refractivity contribution in [2.45, 2.75) is 43.9 Å². The summed E-state index contributed by atoms with van der Waals surface area (Å²) in [6.45, 7) is 0. The lowest BCUT2D eigenvalue weighted by atomic mass is 10.00. The van der Waals surface area contributed by atoms with Gasteiger partial charge in [0.05, 0.1) is 23.2 Å². The predicted octanol–water partition coefficient (Wildman–Crippen LogP) is 0.768. The van der Waals surface area contributed by atoms with Gasteiger partial charge in [-0.15, -0.1) is 0 Å². The zero-order valence-electron chi connectivity index (χ0n) is 10.9. The van der Waals surface area contributed by atoms with Gasteiger partial charge in [0.25, 0.3) is 5.69 Å². The number of hydrazine groups is 1. The van der Waals surface area contributed by atoms with E-state index in [-0.39, 0.29) is 29.7 Å². The molecule has 2 saturated heterocycles. The number of aliphatic hydroxyl groups excluding tert-OH is 1. The van der Waals surface area contributed by atoms with E-state index >= 15 is 0 Å². The smallest absolute Gasteiger partial charge is 0.276 e. The molecule has 2 unspecified atom stereocenters. The maximum Gasteiger partial charge on any atom is 0.276 e. The number of hydrogen-bond acceptors (Lipinski definition) is 7. The van der Waals surface area contributed by atoms with Crippen LogP contribution in [0.2, 0.25) is 0 Å². The normalized spacial score (nSPS) is 28.5. The number of nitrogens with two attached hydrogens (primary N) is 1. The summed E-state index contributed by atoms with van der Waals surface area (Å²) >= 11 is 0. The lowest BCUT2D eigenvalue weighted by molar-refractivity contribution is -0.384. The molecule has 0 aliphatic carbocycles. The highest BCUT2D eigenvalue weighted by atomic mass is 16.6. The van der Waals surface area contributed by atoms with Crippen molar-refractivity contribution >= 4 is 17.3 Å². The first-order valence-corrected chi connectivity index (χ1v) is 6.68. The van der Waals surface area contributed by atoms with Gasteiger partial charge in [-0.2, -0.15) is 0 Å². The Labute approximate surface area is 115 Å². The number of nitrogens with one attached hydrogen (secondary N) is 1. The first-order chi connectivity index (χ1) is 9.58. The van der Waals surface area contributed by atoms with Gasteiger partial charge in [-0.25, -0.2) is 10.8 Å². The summed E-state index contributed by atoms with van der Waals surface area (Å²) < 4.78 is 0. The summed E-state index contributed by atoms with van der Waals surface area (Å²) in [4.78, 5) is 17.0. The number of fused-ring (bicyclic) bond motifs is 2. The van der Waals surface area contributed by atoms with E-state index in [0.29, 0.717) is 18.7 Å². The third-order valence-corrected chi connectivity index (χ3v) is 4.13. The Balaban J connectivity index is 1.98.